The van der Waals surface area contributed by atoms with Crippen LogP contribution in [0.1, 0.15) is 11.1 Å². The lowest BCUT2D eigenvalue weighted by Gasteiger charge is -2.19. The van der Waals surface area contributed by atoms with Crippen LogP contribution in [0.2, 0.25) is 0 Å². The van der Waals surface area contributed by atoms with Crippen LogP contribution in [0.5, 0.6) is 0 Å². The van der Waals surface area contributed by atoms with Gasteiger partial charge in [0.05, 0.1) is 22.8 Å². The second-order valence-electron chi connectivity index (χ2n) is 11.6. The molecule has 218 valence electrons. The van der Waals surface area contributed by atoms with E-state index in [-0.39, 0.29) is 0 Å². The maximum Gasteiger partial charge on any atom is 0.0722 e. The molecule has 0 aliphatic carbocycles. The maximum absolute atomic E-state index is 5.29. The molecule has 4 aromatic heterocycles. The van der Waals surface area contributed by atoms with E-state index in [4.69, 9.17) is 9.97 Å². The van der Waals surface area contributed by atoms with E-state index in [1.807, 2.05) is 36.9 Å². The minimum absolute atomic E-state index is 0.931. The minimum Gasteiger partial charge on any atom is -0.264 e. The summed E-state index contributed by atoms with van der Waals surface area (Å²) in [6, 6.07) is 42.7. The van der Waals surface area contributed by atoms with Crippen molar-refractivity contribution in [3.63, 3.8) is 0 Å². The molecule has 0 saturated heterocycles. The molecule has 0 amide bonds. The minimum atomic E-state index is 0.931. The molecular formula is C42H30N4. The average Bonchev–Trinajstić information content (AvgIpc) is 3.11. The highest BCUT2D eigenvalue weighted by molar-refractivity contribution is 6.21. The Labute approximate surface area is 268 Å². The Balaban J connectivity index is 1.45. The molecule has 8 aromatic rings. The quantitative estimate of drug-likeness (QED) is 0.187. The molecule has 0 fully saturated rings. The maximum atomic E-state index is 5.29. The number of pyridine rings is 4. The first-order valence-electron chi connectivity index (χ1n) is 15.5. The molecule has 0 bridgehead atoms. The SMILES string of the molecule is Cc1cnccc1-c1cccc(-c2c3ccccc3c(-c3cccc(-c4ccncc4C)n3)c3cc(-c4ccccc4)ccc23)n1. The summed E-state index contributed by atoms with van der Waals surface area (Å²) in [6.45, 7) is 4.16. The van der Waals surface area contributed by atoms with E-state index in [9.17, 15) is 0 Å². The molecule has 0 aliphatic heterocycles. The zero-order chi connectivity index (χ0) is 31.0. The van der Waals surface area contributed by atoms with Gasteiger partial charge in [0.1, 0.15) is 0 Å². The van der Waals surface area contributed by atoms with Crippen molar-refractivity contribution in [2.24, 2.45) is 0 Å². The number of rotatable bonds is 5. The predicted molar refractivity (Wildman–Crippen MR) is 189 cm³/mol. The van der Waals surface area contributed by atoms with Crippen molar-refractivity contribution in [1.82, 2.24) is 19.9 Å². The predicted octanol–water partition coefficient (Wildman–Crippen LogP) is 10.5. The highest BCUT2D eigenvalue weighted by atomic mass is 14.7. The Kier molecular flexibility index (Phi) is 6.88. The van der Waals surface area contributed by atoms with Gasteiger partial charge in [-0.1, -0.05) is 78.9 Å². The molecular weight excluding hydrogens is 560 g/mol. The van der Waals surface area contributed by atoms with Crippen molar-refractivity contribution < 1.29 is 0 Å². The Hall–Kier alpha value is -6.00. The van der Waals surface area contributed by atoms with Gasteiger partial charge in [-0.05, 0) is 100 Å². The first kappa shape index (κ1) is 27.5. The Bertz CT molecular complexity index is 2400. The average molecular weight is 591 g/mol. The van der Waals surface area contributed by atoms with E-state index >= 15 is 0 Å². The van der Waals surface area contributed by atoms with E-state index < -0.39 is 0 Å². The van der Waals surface area contributed by atoms with Crippen molar-refractivity contribution in [2.45, 2.75) is 13.8 Å². The van der Waals surface area contributed by atoms with E-state index in [2.05, 4.69) is 133 Å². The molecule has 0 N–H and O–H groups in total. The van der Waals surface area contributed by atoms with Gasteiger partial charge < -0.3 is 0 Å². The van der Waals surface area contributed by atoms with Crippen LogP contribution in [-0.2, 0) is 0 Å². The normalized spacial score (nSPS) is 11.3. The summed E-state index contributed by atoms with van der Waals surface area (Å²) in [5.41, 5.74) is 12.6. The Morgan fingerprint density at radius 3 is 1.46 bits per heavy atom. The largest absolute Gasteiger partial charge is 0.264 e. The molecule has 0 aliphatic rings. The first-order valence-corrected chi connectivity index (χ1v) is 15.5. The fraction of sp³-hybridized carbons (Fsp3) is 0.0476. The number of fused-ring (bicyclic) bond motifs is 2. The van der Waals surface area contributed by atoms with Crippen molar-refractivity contribution in [3.05, 3.63) is 157 Å². The summed E-state index contributed by atoms with van der Waals surface area (Å²) in [6.07, 6.45) is 7.44. The molecule has 0 unspecified atom stereocenters. The van der Waals surface area contributed by atoms with Gasteiger partial charge in [-0.2, -0.15) is 0 Å². The van der Waals surface area contributed by atoms with Gasteiger partial charge >= 0.3 is 0 Å². The summed E-state index contributed by atoms with van der Waals surface area (Å²) < 4.78 is 0. The lowest BCUT2D eigenvalue weighted by Crippen LogP contribution is -1.96. The second kappa shape index (κ2) is 11.5. The zero-order valence-corrected chi connectivity index (χ0v) is 25.6. The molecule has 4 heteroatoms. The van der Waals surface area contributed by atoms with Crippen LogP contribution in [-0.4, -0.2) is 19.9 Å². The highest BCUT2D eigenvalue weighted by Gasteiger charge is 2.20. The summed E-state index contributed by atoms with van der Waals surface area (Å²) in [4.78, 5) is 19.2. The number of nitrogens with zero attached hydrogens (tertiary/aromatic N) is 4. The van der Waals surface area contributed by atoms with E-state index in [0.29, 0.717) is 0 Å². The van der Waals surface area contributed by atoms with Gasteiger partial charge in [-0.15, -0.1) is 0 Å². The van der Waals surface area contributed by atoms with Gasteiger partial charge in [0.25, 0.3) is 0 Å². The Morgan fingerprint density at radius 1 is 0.391 bits per heavy atom. The lowest BCUT2D eigenvalue weighted by molar-refractivity contribution is 1.24. The van der Waals surface area contributed by atoms with Gasteiger partial charge in [0, 0.05) is 47.0 Å². The molecule has 0 spiro atoms. The van der Waals surface area contributed by atoms with E-state index in [0.717, 1.165) is 83.3 Å². The number of hydrogen-bond acceptors (Lipinski definition) is 4. The van der Waals surface area contributed by atoms with Crippen LogP contribution < -0.4 is 0 Å². The molecule has 4 aromatic carbocycles. The van der Waals surface area contributed by atoms with Gasteiger partial charge in [-0.3, -0.25) is 9.97 Å². The van der Waals surface area contributed by atoms with Gasteiger partial charge in [0.2, 0.25) is 0 Å². The molecule has 4 nitrogen and oxygen atoms in total. The molecule has 0 atom stereocenters. The van der Waals surface area contributed by atoms with Crippen LogP contribution in [0.25, 0.3) is 77.7 Å². The van der Waals surface area contributed by atoms with Gasteiger partial charge in [0.15, 0.2) is 0 Å². The van der Waals surface area contributed by atoms with Crippen molar-refractivity contribution in [1.29, 1.82) is 0 Å². The van der Waals surface area contributed by atoms with Crippen LogP contribution in [0.15, 0.2) is 146 Å². The fourth-order valence-corrected chi connectivity index (χ4v) is 6.51. The first-order chi connectivity index (χ1) is 22.7. The summed E-state index contributed by atoms with van der Waals surface area (Å²) in [7, 11) is 0. The third-order valence-corrected chi connectivity index (χ3v) is 8.73. The lowest BCUT2D eigenvalue weighted by atomic mass is 9.87. The topological polar surface area (TPSA) is 51.6 Å². The van der Waals surface area contributed by atoms with Crippen LogP contribution in [0, 0.1) is 13.8 Å². The molecule has 0 radical (unpaired) electrons. The number of aryl methyl sites for hydroxylation is 2. The summed E-state index contributed by atoms with van der Waals surface area (Å²) >= 11 is 0. The third kappa shape index (κ3) is 4.81. The monoisotopic (exact) mass is 590 g/mol. The van der Waals surface area contributed by atoms with E-state index in [1.54, 1.807) is 0 Å². The van der Waals surface area contributed by atoms with E-state index in [1.165, 1.54) is 5.56 Å². The van der Waals surface area contributed by atoms with Crippen molar-refractivity contribution in [3.8, 4) is 56.2 Å². The summed E-state index contributed by atoms with van der Waals surface area (Å²) in [5, 5.41) is 4.55. The van der Waals surface area contributed by atoms with Gasteiger partial charge in [-0.25, -0.2) is 9.97 Å². The molecule has 46 heavy (non-hydrogen) atoms. The molecule has 4 heterocycles. The number of hydrogen-bond donors (Lipinski definition) is 0. The second-order valence-corrected chi connectivity index (χ2v) is 11.6. The molecule has 0 saturated carbocycles. The fourth-order valence-electron chi connectivity index (χ4n) is 6.51. The molecule has 8 rings (SSSR count). The van der Waals surface area contributed by atoms with Crippen molar-refractivity contribution in [2.75, 3.05) is 0 Å². The summed E-state index contributed by atoms with van der Waals surface area (Å²) in [5.74, 6) is 0. The van der Waals surface area contributed by atoms with Crippen LogP contribution in [0.4, 0.5) is 0 Å². The standard InChI is InChI=1S/C42H30N4/c1-27-25-43-22-20-31(27)37-14-8-16-39(45-37)41-33-12-6-7-13-34(33)42(36-24-30(18-19-35(36)41)29-10-4-3-5-11-29)40-17-9-15-38(46-40)32-21-23-44-26-28(32)2/h3-26H,1-2H3. The highest BCUT2D eigenvalue weighted by Crippen LogP contribution is 2.44. The third-order valence-electron chi connectivity index (χ3n) is 8.73. The number of aromatic nitrogens is 4. The van der Waals surface area contributed by atoms with Crippen LogP contribution in [0.3, 0.4) is 0 Å². The Morgan fingerprint density at radius 2 is 0.891 bits per heavy atom. The zero-order valence-electron chi connectivity index (χ0n) is 25.6. The number of benzene rings is 4. The van der Waals surface area contributed by atoms with Crippen molar-refractivity contribution >= 4 is 21.5 Å². The smallest absolute Gasteiger partial charge is 0.0722 e. The van der Waals surface area contributed by atoms with Crippen LogP contribution >= 0.6 is 0 Å².